The minimum Gasteiger partial charge on any atom is -0.466 e. The maximum atomic E-state index is 14.5. The number of hydrogen-bond donors (Lipinski definition) is 0. The Hall–Kier alpha value is -2.47. The number of nitrogens with zero attached hydrogens (tertiary/aromatic N) is 1. The maximum absolute atomic E-state index is 14.5. The number of ether oxygens (including phenoxy) is 1. The fourth-order valence-corrected chi connectivity index (χ4v) is 4.31. The summed E-state index contributed by atoms with van der Waals surface area (Å²) in [5, 5.41) is 0. The summed E-state index contributed by atoms with van der Waals surface area (Å²) in [4.78, 5) is 26.8. The number of carbonyl (C=O) groups excluding carboxylic acids is 2. The molecule has 164 valence electrons. The van der Waals surface area contributed by atoms with Crippen LogP contribution in [-0.4, -0.2) is 19.0 Å². The van der Waals surface area contributed by atoms with E-state index in [1.807, 2.05) is 31.2 Å². The molecule has 0 aliphatic heterocycles. The maximum Gasteiger partial charge on any atom is 0.330 e. The van der Waals surface area contributed by atoms with Gasteiger partial charge in [-0.05, 0) is 67.3 Å². The molecule has 1 aliphatic rings. The van der Waals surface area contributed by atoms with Gasteiger partial charge in [0.1, 0.15) is 5.82 Å². The first kappa shape index (κ1) is 23.2. The Bertz CT molecular complexity index is 952. The van der Waals surface area contributed by atoms with Crippen LogP contribution >= 0.6 is 15.9 Å². The number of rotatable bonds is 6. The number of esters is 1. The third-order valence-electron chi connectivity index (χ3n) is 5.73. The van der Waals surface area contributed by atoms with Gasteiger partial charge in [0, 0.05) is 22.2 Å². The normalized spacial score (nSPS) is 15.6. The molecule has 4 nitrogen and oxygen atoms in total. The van der Waals surface area contributed by atoms with Gasteiger partial charge in [-0.15, -0.1) is 0 Å². The minimum atomic E-state index is -0.524. The molecule has 1 fully saturated rings. The van der Waals surface area contributed by atoms with Crippen molar-refractivity contribution in [1.82, 2.24) is 0 Å². The molecule has 0 bridgehead atoms. The van der Waals surface area contributed by atoms with Crippen molar-refractivity contribution in [3.05, 3.63) is 70.0 Å². The molecule has 1 saturated carbocycles. The van der Waals surface area contributed by atoms with E-state index in [1.54, 1.807) is 11.0 Å². The van der Waals surface area contributed by atoms with Gasteiger partial charge in [-0.2, -0.15) is 0 Å². The van der Waals surface area contributed by atoms with E-state index in [-0.39, 0.29) is 17.9 Å². The molecule has 1 aliphatic carbocycles. The van der Waals surface area contributed by atoms with E-state index in [0.717, 1.165) is 42.1 Å². The van der Waals surface area contributed by atoms with Crippen molar-refractivity contribution in [2.24, 2.45) is 5.92 Å². The molecule has 0 saturated heterocycles. The molecule has 0 radical (unpaired) electrons. The fourth-order valence-electron chi connectivity index (χ4n) is 4.04. The summed E-state index contributed by atoms with van der Waals surface area (Å²) in [5.41, 5.74) is 1.93. The Balaban J connectivity index is 2.01. The van der Waals surface area contributed by atoms with Gasteiger partial charge in [0.05, 0.1) is 13.2 Å². The molecule has 1 amide bonds. The molecule has 3 rings (SSSR count). The second-order valence-electron chi connectivity index (χ2n) is 7.87. The Kier molecular flexibility index (Phi) is 8.02. The number of hydrogen-bond acceptors (Lipinski definition) is 3. The third kappa shape index (κ3) is 6.03. The topological polar surface area (TPSA) is 46.6 Å². The van der Waals surface area contributed by atoms with Gasteiger partial charge in [0.2, 0.25) is 5.91 Å². The van der Waals surface area contributed by atoms with Gasteiger partial charge < -0.3 is 9.64 Å². The molecular formula is C25H27BrFNO3. The van der Waals surface area contributed by atoms with Crippen LogP contribution in [-0.2, 0) is 14.3 Å². The molecular weight excluding hydrogens is 461 g/mol. The standard InChI is InChI=1S/C25H27BrFNO3/c1-17(19-9-11-21(26)12-10-19)28(25(30)20-6-4-3-5-7-20)23-15-18(14-22(27)16-23)8-13-24(29)31-2/h8-17,20H,3-7H2,1-2H3/b13-8+. The molecule has 0 heterocycles. The first-order chi connectivity index (χ1) is 14.9. The molecule has 2 aromatic rings. The molecule has 6 heteroatoms. The van der Waals surface area contributed by atoms with Crippen LogP contribution in [0.1, 0.15) is 56.2 Å². The Morgan fingerprint density at radius 3 is 2.45 bits per heavy atom. The SMILES string of the molecule is COC(=O)/C=C/c1cc(F)cc(N(C(=O)C2CCCCC2)C(C)c2ccc(Br)cc2)c1. The average Bonchev–Trinajstić information content (AvgIpc) is 2.78. The lowest BCUT2D eigenvalue weighted by atomic mass is 9.87. The zero-order valence-corrected chi connectivity index (χ0v) is 19.4. The fraction of sp³-hybridized carbons (Fsp3) is 0.360. The quantitative estimate of drug-likeness (QED) is 0.347. The van der Waals surface area contributed by atoms with Crippen molar-refractivity contribution < 1.29 is 18.7 Å². The number of carbonyl (C=O) groups is 2. The van der Waals surface area contributed by atoms with E-state index in [2.05, 4.69) is 20.7 Å². The second-order valence-corrected chi connectivity index (χ2v) is 8.79. The zero-order valence-electron chi connectivity index (χ0n) is 17.8. The van der Waals surface area contributed by atoms with Crippen LogP contribution in [0.5, 0.6) is 0 Å². The number of methoxy groups -OCH3 is 1. The van der Waals surface area contributed by atoms with E-state index in [9.17, 15) is 14.0 Å². The van der Waals surface area contributed by atoms with Crippen LogP contribution in [0.3, 0.4) is 0 Å². The van der Waals surface area contributed by atoms with Crippen molar-refractivity contribution >= 4 is 39.6 Å². The van der Waals surface area contributed by atoms with Crippen molar-refractivity contribution in [1.29, 1.82) is 0 Å². The average molecular weight is 488 g/mol. The third-order valence-corrected chi connectivity index (χ3v) is 6.26. The smallest absolute Gasteiger partial charge is 0.330 e. The lowest BCUT2D eigenvalue weighted by Gasteiger charge is -2.34. The highest BCUT2D eigenvalue weighted by atomic mass is 79.9. The Morgan fingerprint density at radius 2 is 1.81 bits per heavy atom. The molecule has 0 spiro atoms. The highest BCUT2D eigenvalue weighted by molar-refractivity contribution is 9.10. The van der Waals surface area contributed by atoms with E-state index in [4.69, 9.17) is 0 Å². The molecule has 1 atom stereocenters. The minimum absolute atomic E-state index is 0.0172. The van der Waals surface area contributed by atoms with Gasteiger partial charge in [-0.3, -0.25) is 4.79 Å². The summed E-state index contributed by atoms with van der Waals surface area (Å²) in [6.45, 7) is 1.96. The van der Waals surface area contributed by atoms with E-state index >= 15 is 0 Å². The van der Waals surface area contributed by atoms with E-state index in [1.165, 1.54) is 31.4 Å². The van der Waals surface area contributed by atoms with Gasteiger partial charge in [0.25, 0.3) is 0 Å². The van der Waals surface area contributed by atoms with Crippen LogP contribution in [0.25, 0.3) is 6.08 Å². The molecule has 2 aromatic carbocycles. The highest BCUT2D eigenvalue weighted by Crippen LogP contribution is 2.34. The Labute approximate surface area is 191 Å². The number of benzene rings is 2. The van der Waals surface area contributed by atoms with Crippen molar-refractivity contribution in [2.75, 3.05) is 12.0 Å². The van der Waals surface area contributed by atoms with Gasteiger partial charge in [0.15, 0.2) is 0 Å². The lowest BCUT2D eigenvalue weighted by molar-refractivity contribution is -0.134. The summed E-state index contributed by atoms with van der Waals surface area (Å²) in [6, 6.07) is 12.0. The molecule has 0 aromatic heterocycles. The first-order valence-electron chi connectivity index (χ1n) is 10.5. The van der Waals surface area contributed by atoms with Crippen molar-refractivity contribution in [3.63, 3.8) is 0 Å². The van der Waals surface area contributed by atoms with Crippen molar-refractivity contribution in [2.45, 2.75) is 45.1 Å². The highest BCUT2D eigenvalue weighted by Gasteiger charge is 2.31. The van der Waals surface area contributed by atoms with Crippen molar-refractivity contribution in [3.8, 4) is 0 Å². The monoisotopic (exact) mass is 487 g/mol. The van der Waals surface area contributed by atoms with E-state index in [0.29, 0.717) is 11.3 Å². The summed E-state index contributed by atoms with van der Waals surface area (Å²) in [5.74, 6) is -1.04. The predicted octanol–water partition coefficient (Wildman–Crippen LogP) is 6.45. The summed E-state index contributed by atoms with van der Waals surface area (Å²) in [6.07, 6.45) is 7.66. The first-order valence-corrected chi connectivity index (χ1v) is 11.3. The summed E-state index contributed by atoms with van der Waals surface area (Å²) >= 11 is 3.45. The number of amides is 1. The Morgan fingerprint density at radius 1 is 1.13 bits per heavy atom. The van der Waals surface area contributed by atoms with Crippen LogP contribution in [0.15, 0.2) is 53.0 Å². The lowest BCUT2D eigenvalue weighted by Crippen LogP contribution is -2.39. The number of anilines is 1. The summed E-state index contributed by atoms with van der Waals surface area (Å²) < 4.78 is 20.1. The van der Waals surface area contributed by atoms with Crippen LogP contribution in [0.2, 0.25) is 0 Å². The molecule has 1 unspecified atom stereocenters. The largest absolute Gasteiger partial charge is 0.466 e. The molecule has 0 N–H and O–H groups in total. The zero-order chi connectivity index (χ0) is 22.4. The molecule has 31 heavy (non-hydrogen) atoms. The predicted molar refractivity (Wildman–Crippen MR) is 124 cm³/mol. The van der Waals surface area contributed by atoms with Crippen LogP contribution < -0.4 is 4.90 Å². The van der Waals surface area contributed by atoms with Gasteiger partial charge in [-0.1, -0.05) is 47.3 Å². The van der Waals surface area contributed by atoms with E-state index < -0.39 is 11.8 Å². The van der Waals surface area contributed by atoms with Crippen LogP contribution in [0.4, 0.5) is 10.1 Å². The van der Waals surface area contributed by atoms with Gasteiger partial charge >= 0.3 is 5.97 Å². The van der Waals surface area contributed by atoms with Crippen LogP contribution in [0, 0.1) is 11.7 Å². The number of halogens is 2. The second kappa shape index (κ2) is 10.7. The summed E-state index contributed by atoms with van der Waals surface area (Å²) in [7, 11) is 1.29. The van der Waals surface area contributed by atoms with Gasteiger partial charge in [-0.25, -0.2) is 9.18 Å².